The number of carboxylic acids is 1. The van der Waals surface area contributed by atoms with E-state index in [-0.39, 0.29) is 37.2 Å². The maximum Gasteiger partial charge on any atom is 0.412 e. The number of carboxylic acid groups (broad SMARTS) is 1. The highest BCUT2D eigenvalue weighted by atomic mass is 16.7. The molecule has 37 heavy (non-hydrogen) atoms. The van der Waals surface area contributed by atoms with Crippen molar-refractivity contribution in [1.82, 2.24) is 15.5 Å². The summed E-state index contributed by atoms with van der Waals surface area (Å²) >= 11 is 0. The Morgan fingerprint density at radius 3 is 2.27 bits per heavy atom. The molecule has 3 aliphatic heterocycles. The summed E-state index contributed by atoms with van der Waals surface area (Å²) in [4.78, 5) is 61.1. The van der Waals surface area contributed by atoms with E-state index in [9.17, 15) is 24.0 Å². The van der Waals surface area contributed by atoms with Crippen LogP contribution in [0.4, 0.5) is 4.79 Å². The van der Waals surface area contributed by atoms with Gasteiger partial charge in [-0.1, -0.05) is 0 Å². The minimum Gasteiger partial charge on any atom is -0.481 e. The molecule has 0 aromatic rings. The summed E-state index contributed by atoms with van der Waals surface area (Å²) in [6, 6.07) is -1.31. The fourth-order valence-corrected chi connectivity index (χ4v) is 4.93. The van der Waals surface area contributed by atoms with E-state index >= 15 is 0 Å². The number of amides is 3. The molecule has 3 fully saturated rings. The van der Waals surface area contributed by atoms with Crippen LogP contribution in [0.2, 0.25) is 0 Å². The third-order valence-corrected chi connectivity index (χ3v) is 6.99. The van der Waals surface area contributed by atoms with E-state index in [0.29, 0.717) is 25.7 Å². The van der Waals surface area contributed by atoms with Gasteiger partial charge < -0.3 is 39.6 Å². The molecule has 0 spiro atoms. The Balaban J connectivity index is 1.40. The molecule has 3 saturated heterocycles. The molecule has 208 valence electrons. The van der Waals surface area contributed by atoms with Crippen LogP contribution >= 0.6 is 0 Å². The zero-order chi connectivity index (χ0) is 27.1. The average Bonchev–Trinajstić information content (AvgIpc) is 3.22. The van der Waals surface area contributed by atoms with Crippen LogP contribution in [0.15, 0.2) is 0 Å². The van der Waals surface area contributed by atoms with Crippen molar-refractivity contribution in [2.75, 3.05) is 19.9 Å². The molecule has 6 atom stereocenters. The van der Waals surface area contributed by atoms with E-state index in [1.54, 1.807) is 6.92 Å². The van der Waals surface area contributed by atoms with Gasteiger partial charge in [0.25, 0.3) is 0 Å². The first-order valence-electron chi connectivity index (χ1n) is 12.7. The number of likely N-dealkylation sites (tertiary alicyclic amines) is 1. The highest BCUT2D eigenvalue weighted by Gasteiger charge is 2.40. The number of piperidine rings is 1. The highest BCUT2D eigenvalue weighted by Crippen LogP contribution is 2.33. The van der Waals surface area contributed by atoms with E-state index in [1.165, 1.54) is 18.7 Å². The van der Waals surface area contributed by atoms with Gasteiger partial charge in [0.1, 0.15) is 12.1 Å². The largest absolute Gasteiger partial charge is 0.481 e. The number of esters is 1. The molecule has 3 amide bonds. The summed E-state index contributed by atoms with van der Waals surface area (Å²) in [7, 11) is 0. The zero-order valence-corrected chi connectivity index (χ0v) is 21.5. The number of hydrogen-bond acceptors (Lipinski definition) is 9. The Bertz CT molecular complexity index is 860. The number of carbonyl (C=O) groups is 5. The average molecular weight is 528 g/mol. The molecule has 3 aliphatic rings. The van der Waals surface area contributed by atoms with Crippen molar-refractivity contribution in [2.45, 2.75) is 95.8 Å². The number of hydrogen-bond donors (Lipinski definition) is 3. The first-order valence-corrected chi connectivity index (χ1v) is 12.7. The van der Waals surface area contributed by atoms with E-state index < -0.39 is 54.9 Å². The lowest BCUT2D eigenvalue weighted by Crippen LogP contribution is -2.50. The van der Waals surface area contributed by atoms with Gasteiger partial charge in [0, 0.05) is 26.4 Å². The van der Waals surface area contributed by atoms with Crippen LogP contribution in [0.5, 0.6) is 0 Å². The topological polar surface area (TPSA) is 170 Å². The second-order valence-corrected chi connectivity index (χ2v) is 9.87. The monoisotopic (exact) mass is 527 g/mol. The number of aliphatic carboxylic acids is 1. The molecule has 13 nitrogen and oxygen atoms in total. The van der Waals surface area contributed by atoms with Gasteiger partial charge in [0.2, 0.25) is 18.6 Å². The van der Waals surface area contributed by atoms with Gasteiger partial charge in [0.05, 0.1) is 30.3 Å². The van der Waals surface area contributed by atoms with E-state index in [4.69, 9.17) is 24.1 Å². The normalized spacial score (nSPS) is 27.4. The number of nitrogens with zero attached hydrogens (tertiary/aromatic N) is 1. The van der Waals surface area contributed by atoms with Crippen LogP contribution in [0.1, 0.15) is 59.3 Å². The second kappa shape index (κ2) is 13.0. The first kappa shape index (κ1) is 28.6. The number of nitrogens with one attached hydrogen (secondary N) is 2. The van der Waals surface area contributed by atoms with Crippen LogP contribution < -0.4 is 10.6 Å². The number of carbonyl (C=O) groups excluding carboxylic acids is 4. The minimum atomic E-state index is -1.02. The summed E-state index contributed by atoms with van der Waals surface area (Å²) in [6.45, 7) is 4.28. The van der Waals surface area contributed by atoms with Crippen LogP contribution in [-0.4, -0.2) is 96.2 Å². The Kier molecular flexibility index (Phi) is 10.1. The third kappa shape index (κ3) is 8.29. The van der Waals surface area contributed by atoms with Gasteiger partial charge in [-0.2, -0.15) is 0 Å². The molecule has 3 N–H and O–H groups in total. The van der Waals surface area contributed by atoms with E-state index in [2.05, 4.69) is 10.6 Å². The molecular formula is C24H37N3O10. The Labute approximate surface area is 215 Å². The highest BCUT2D eigenvalue weighted by molar-refractivity contribution is 5.86. The Morgan fingerprint density at radius 1 is 1.00 bits per heavy atom. The molecule has 0 aliphatic carbocycles. The Hall–Kier alpha value is -2.93. The summed E-state index contributed by atoms with van der Waals surface area (Å²) in [5.74, 6) is -2.88. The summed E-state index contributed by atoms with van der Waals surface area (Å²) < 4.78 is 21.9. The summed E-state index contributed by atoms with van der Waals surface area (Å²) in [5.41, 5.74) is 0. The number of rotatable bonds is 9. The van der Waals surface area contributed by atoms with Gasteiger partial charge in [-0.05, 0) is 46.0 Å². The van der Waals surface area contributed by atoms with Crippen molar-refractivity contribution in [3.8, 4) is 0 Å². The lowest BCUT2D eigenvalue weighted by Gasteiger charge is -2.30. The number of ether oxygens (including phenoxy) is 4. The second-order valence-electron chi connectivity index (χ2n) is 9.87. The van der Waals surface area contributed by atoms with E-state index in [1.807, 2.05) is 0 Å². The molecule has 0 radical (unpaired) electrons. The van der Waals surface area contributed by atoms with Crippen LogP contribution in [-0.2, 0) is 38.1 Å². The quantitative estimate of drug-likeness (QED) is 0.284. The molecule has 0 aromatic carbocycles. The van der Waals surface area contributed by atoms with Gasteiger partial charge in [-0.15, -0.1) is 0 Å². The van der Waals surface area contributed by atoms with Crippen molar-refractivity contribution >= 4 is 29.8 Å². The predicted molar refractivity (Wildman–Crippen MR) is 126 cm³/mol. The molecule has 0 unspecified atom stereocenters. The molecule has 3 rings (SSSR count). The first-order chi connectivity index (χ1) is 17.5. The van der Waals surface area contributed by atoms with Gasteiger partial charge in [0.15, 0.2) is 0 Å². The van der Waals surface area contributed by atoms with Crippen LogP contribution in [0.25, 0.3) is 0 Å². The van der Waals surface area contributed by atoms with Crippen molar-refractivity contribution in [1.29, 1.82) is 0 Å². The van der Waals surface area contributed by atoms with Crippen molar-refractivity contribution in [3.63, 3.8) is 0 Å². The van der Waals surface area contributed by atoms with Gasteiger partial charge >= 0.3 is 18.0 Å². The molecule has 0 saturated carbocycles. The lowest BCUT2D eigenvalue weighted by molar-refractivity contribution is -0.157. The van der Waals surface area contributed by atoms with Crippen LogP contribution in [0.3, 0.4) is 0 Å². The summed E-state index contributed by atoms with van der Waals surface area (Å²) in [5, 5.41) is 14.5. The van der Waals surface area contributed by atoms with Crippen molar-refractivity contribution < 1.29 is 48.0 Å². The van der Waals surface area contributed by atoms with E-state index in [0.717, 1.165) is 12.8 Å². The standard InChI is InChI=1S/C24H37N3O10/c1-13(23(32)34-12-35-24(33)27-8-6-16(7-9-27)22(30)31)25-21(29)14(2)36-20-11-18-5-4-17(37-18)10-19(20)26-15(3)28/h13-14,16-20H,4-12H2,1-3H3,(H,25,29)(H,26,28)(H,30,31)/t13-,14+,17-,18+,19-,20-/m0/s1. The Morgan fingerprint density at radius 2 is 1.65 bits per heavy atom. The molecular weight excluding hydrogens is 490 g/mol. The predicted octanol–water partition coefficient (Wildman–Crippen LogP) is 0.545. The lowest BCUT2D eigenvalue weighted by atomic mass is 9.94. The molecule has 3 heterocycles. The van der Waals surface area contributed by atoms with Crippen LogP contribution in [0, 0.1) is 5.92 Å². The maximum atomic E-state index is 12.7. The minimum absolute atomic E-state index is 0.0177. The summed E-state index contributed by atoms with van der Waals surface area (Å²) in [6.07, 6.45) is 1.71. The fourth-order valence-electron chi connectivity index (χ4n) is 4.93. The van der Waals surface area contributed by atoms with Gasteiger partial charge in [-0.25, -0.2) is 9.59 Å². The third-order valence-electron chi connectivity index (χ3n) is 6.99. The van der Waals surface area contributed by atoms with Gasteiger partial charge in [-0.3, -0.25) is 14.4 Å². The fraction of sp³-hybridized carbons (Fsp3) is 0.792. The van der Waals surface area contributed by atoms with Crippen molar-refractivity contribution in [2.24, 2.45) is 5.92 Å². The zero-order valence-electron chi connectivity index (χ0n) is 21.5. The maximum absolute atomic E-state index is 12.7. The van der Waals surface area contributed by atoms with Crippen molar-refractivity contribution in [3.05, 3.63) is 0 Å². The number of fused-ring (bicyclic) bond motifs is 2. The molecule has 0 aromatic heterocycles. The molecule has 2 bridgehead atoms. The SMILES string of the molecule is CC(=O)N[C@H]1C[C@@H]2CC[C@H](C[C@@H]1O[C@H](C)C(=O)N[C@@H](C)C(=O)OCOC(=O)N1CCC(C(=O)O)CC1)O2. The smallest absolute Gasteiger partial charge is 0.412 e. The molecule has 13 heteroatoms.